The molecular weight excluding hydrogens is 395 g/mol. The van der Waals surface area contributed by atoms with E-state index in [1.54, 1.807) is 55.5 Å². The van der Waals surface area contributed by atoms with Crippen LogP contribution in [-0.2, 0) is 0 Å². The smallest absolute Gasteiger partial charge is 0.252 e. The van der Waals surface area contributed by atoms with Crippen LogP contribution in [0, 0.1) is 17.1 Å². The van der Waals surface area contributed by atoms with Crippen LogP contribution in [0.5, 0.6) is 0 Å². The molecule has 6 nitrogen and oxygen atoms in total. The van der Waals surface area contributed by atoms with Crippen LogP contribution in [-0.4, -0.2) is 16.0 Å². The number of halogens is 1. The fraction of sp³-hybridized carbons (Fsp3) is 0.0833. The Balaban J connectivity index is 1.57. The van der Waals surface area contributed by atoms with Gasteiger partial charge in [0.15, 0.2) is 0 Å². The maximum Gasteiger partial charge on any atom is 0.252 e. The quantitative estimate of drug-likeness (QED) is 0.503. The summed E-state index contributed by atoms with van der Waals surface area (Å²) >= 11 is 0. The molecule has 0 aliphatic rings. The lowest BCUT2D eigenvalue weighted by Crippen LogP contribution is -2.27. The van der Waals surface area contributed by atoms with Gasteiger partial charge in [-0.25, -0.2) is 4.39 Å². The average Bonchev–Trinajstić information content (AvgIpc) is 3.30. The van der Waals surface area contributed by atoms with Crippen LogP contribution in [0.4, 0.5) is 4.39 Å². The number of benzene rings is 3. The second kappa shape index (κ2) is 8.59. The highest BCUT2D eigenvalue weighted by Gasteiger charge is 2.21. The molecule has 0 aliphatic heterocycles. The average molecular weight is 412 g/mol. The zero-order chi connectivity index (χ0) is 21.8. The maximum atomic E-state index is 13.1. The third kappa shape index (κ3) is 4.19. The molecule has 4 aromatic rings. The van der Waals surface area contributed by atoms with E-state index in [-0.39, 0.29) is 17.6 Å². The largest absolute Gasteiger partial charge is 0.340 e. The molecule has 1 N–H and O–H groups in total. The number of nitriles is 1. The lowest BCUT2D eigenvalue weighted by molar-refractivity contribution is 0.0933. The van der Waals surface area contributed by atoms with Crippen LogP contribution >= 0.6 is 0 Å². The number of nitrogens with one attached hydrogen (secondary N) is 1. The van der Waals surface area contributed by atoms with Gasteiger partial charge < -0.3 is 9.84 Å². The maximum absolute atomic E-state index is 13.1. The van der Waals surface area contributed by atoms with Crippen molar-refractivity contribution in [2.24, 2.45) is 0 Å². The van der Waals surface area contributed by atoms with Crippen LogP contribution in [0.15, 0.2) is 77.3 Å². The molecule has 1 unspecified atom stereocenters. The second-order valence-electron chi connectivity index (χ2n) is 6.86. The van der Waals surface area contributed by atoms with Gasteiger partial charge in [-0.3, -0.25) is 4.79 Å². The molecule has 0 bridgehead atoms. The summed E-state index contributed by atoms with van der Waals surface area (Å²) in [6.45, 7) is 1.73. The highest BCUT2D eigenvalue weighted by molar-refractivity contribution is 6.01. The summed E-state index contributed by atoms with van der Waals surface area (Å²) in [4.78, 5) is 17.3. The van der Waals surface area contributed by atoms with Crippen molar-refractivity contribution in [3.63, 3.8) is 0 Å². The number of hydrogen-bond acceptors (Lipinski definition) is 5. The molecule has 1 heterocycles. The van der Waals surface area contributed by atoms with Crippen molar-refractivity contribution in [2.45, 2.75) is 13.0 Å². The number of carbonyl (C=O) groups excluding carboxylic acids is 1. The predicted octanol–water partition coefficient (Wildman–Crippen LogP) is 4.91. The highest BCUT2D eigenvalue weighted by atomic mass is 19.1. The van der Waals surface area contributed by atoms with Crippen LogP contribution in [0.3, 0.4) is 0 Å². The molecule has 1 amide bonds. The Kier molecular flexibility index (Phi) is 5.54. The van der Waals surface area contributed by atoms with Gasteiger partial charge in [0, 0.05) is 16.7 Å². The molecule has 0 aliphatic carbocycles. The molecule has 4 rings (SSSR count). The zero-order valence-corrected chi connectivity index (χ0v) is 16.5. The SMILES string of the molecule is CC(NC(=O)c1ccccc1-c1ccccc1C#N)c1nc(-c2ccc(F)cc2)no1. The standard InChI is InChI=1S/C24H17FN4O2/c1-15(24-28-22(29-31-24)16-10-12-18(25)13-11-16)27-23(30)21-9-5-4-8-20(21)19-7-3-2-6-17(19)14-26/h2-13,15H,1H3,(H,27,30). The van der Waals surface area contributed by atoms with Gasteiger partial charge in [-0.15, -0.1) is 0 Å². The van der Waals surface area contributed by atoms with Gasteiger partial charge in [0.25, 0.3) is 5.91 Å². The Morgan fingerprint density at radius 1 is 1.03 bits per heavy atom. The van der Waals surface area contributed by atoms with E-state index < -0.39 is 6.04 Å². The van der Waals surface area contributed by atoms with Gasteiger partial charge in [0.05, 0.1) is 11.6 Å². The first-order valence-corrected chi connectivity index (χ1v) is 9.56. The van der Waals surface area contributed by atoms with E-state index >= 15 is 0 Å². The Hall–Kier alpha value is -4.31. The Bertz CT molecular complexity index is 1280. The normalized spacial score (nSPS) is 11.5. The summed E-state index contributed by atoms with van der Waals surface area (Å²) in [7, 11) is 0. The number of nitrogens with zero attached hydrogens (tertiary/aromatic N) is 3. The minimum atomic E-state index is -0.562. The molecule has 0 saturated heterocycles. The number of amides is 1. The zero-order valence-electron chi connectivity index (χ0n) is 16.5. The second-order valence-corrected chi connectivity index (χ2v) is 6.86. The monoisotopic (exact) mass is 412 g/mol. The molecule has 0 spiro atoms. The summed E-state index contributed by atoms with van der Waals surface area (Å²) in [5, 5.41) is 16.2. The van der Waals surface area contributed by atoms with Crippen LogP contribution in [0.1, 0.15) is 34.8 Å². The molecular formula is C24H17FN4O2. The van der Waals surface area contributed by atoms with Gasteiger partial charge in [-0.05, 0) is 48.9 Å². The van der Waals surface area contributed by atoms with Crippen molar-refractivity contribution in [3.05, 3.63) is 95.6 Å². The summed E-state index contributed by atoms with van der Waals surface area (Å²) in [5.74, 6) is -0.163. The van der Waals surface area contributed by atoms with Gasteiger partial charge in [0.1, 0.15) is 11.9 Å². The van der Waals surface area contributed by atoms with E-state index in [1.165, 1.54) is 12.1 Å². The first kappa shape index (κ1) is 20.0. The summed E-state index contributed by atoms with van der Waals surface area (Å²) in [6, 6.07) is 21.5. The fourth-order valence-corrected chi connectivity index (χ4v) is 3.19. The predicted molar refractivity (Wildman–Crippen MR) is 112 cm³/mol. The Morgan fingerprint density at radius 3 is 2.45 bits per heavy atom. The first-order valence-electron chi connectivity index (χ1n) is 9.56. The molecule has 152 valence electrons. The van der Waals surface area contributed by atoms with Crippen molar-refractivity contribution in [1.29, 1.82) is 5.26 Å². The van der Waals surface area contributed by atoms with Crippen LogP contribution in [0.2, 0.25) is 0 Å². The summed E-state index contributed by atoms with van der Waals surface area (Å²) in [6.07, 6.45) is 0. The number of carbonyl (C=O) groups is 1. The van der Waals surface area contributed by atoms with Gasteiger partial charge in [-0.2, -0.15) is 10.2 Å². The van der Waals surface area contributed by atoms with Crippen molar-refractivity contribution in [2.75, 3.05) is 0 Å². The molecule has 1 aromatic heterocycles. The van der Waals surface area contributed by atoms with Crippen LogP contribution < -0.4 is 5.32 Å². The molecule has 0 saturated carbocycles. The Labute approximate surface area is 178 Å². The van der Waals surface area contributed by atoms with Crippen molar-refractivity contribution in [3.8, 4) is 28.6 Å². The van der Waals surface area contributed by atoms with E-state index in [2.05, 4.69) is 21.5 Å². The molecule has 31 heavy (non-hydrogen) atoms. The minimum absolute atomic E-state index is 0.225. The highest BCUT2D eigenvalue weighted by Crippen LogP contribution is 2.27. The van der Waals surface area contributed by atoms with E-state index in [1.807, 2.05) is 12.1 Å². The third-order valence-electron chi connectivity index (χ3n) is 4.77. The van der Waals surface area contributed by atoms with Crippen molar-refractivity contribution < 1.29 is 13.7 Å². The fourth-order valence-electron chi connectivity index (χ4n) is 3.19. The number of rotatable bonds is 5. The number of aromatic nitrogens is 2. The van der Waals surface area contributed by atoms with E-state index in [0.29, 0.717) is 33.6 Å². The molecule has 3 aromatic carbocycles. The minimum Gasteiger partial charge on any atom is -0.340 e. The van der Waals surface area contributed by atoms with E-state index in [4.69, 9.17) is 4.52 Å². The Morgan fingerprint density at radius 2 is 1.71 bits per heavy atom. The van der Waals surface area contributed by atoms with Gasteiger partial charge in [0.2, 0.25) is 11.7 Å². The molecule has 0 radical (unpaired) electrons. The van der Waals surface area contributed by atoms with Crippen LogP contribution in [0.25, 0.3) is 22.5 Å². The third-order valence-corrected chi connectivity index (χ3v) is 4.77. The molecule has 7 heteroatoms. The number of hydrogen-bond donors (Lipinski definition) is 1. The topological polar surface area (TPSA) is 91.8 Å². The summed E-state index contributed by atoms with van der Waals surface area (Å²) < 4.78 is 18.4. The van der Waals surface area contributed by atoms with Crippen molar-refractivity contribution in [1.82, 2.24) is 15.5 Å². The molecule has 1 atom stereocenters. The lowest BCUT2D eigenvalue weighted by Gasteiger charge is -2.13. The van der Waals surface area contributed by atoms with Crippen molar-refractivity contribution >= 4 is 5.91 Å². The molecule has 0 fully saturated rings. The van der Waals surface area contributed by atoms with Gasteiger partial charge in [-0.1, -0.05) is 41.6 Å². The lowest BCUT2D eigenvalue weighted by atomic mass is 9.95. The van der Waals surface area contributed by atoms with E-state index in [0.717, 1.165) is 0 Å². The summed E-state index contributed by atoms with van der Waals surface area (Å²) in [5.41, 5.74) is 2.85. The van der Waals surface area contributed by atoms with Gasteiger partial charge >= 0.3 is 0 Å². The first-order chi connectivity index (χ1) is 15.1. The van der Waals surface area contributed by atoms with E-state index in [9.17, 15) is 14.4 Å².